The van der Waals surface area contributed by atoms with Gasteiger partial charge in [-0.2, -0.15) is 0 Å². The predicted molar refractivity (Wildman–Crippen MR) is 126 cm³/mol. The summed E-state index contributed by atoms with van der Waals surface area (Å²) in [4.78, 5) is 0. The zero-order valence-corrected chi connectivity index (χ0v) is 17.8. The Morgan fingerprint density at radius 1 is 0.500 bits per heavy atom. The van der Waals surface area contributed by atoms with Gasteiger partial charge in [-0.25, -0.2) is 0 Å². The van der Waals surface area contributed by atoms with Crippen LogP contribution in [0.2, 0.25) is 5.02 Å². The molecule has 0 saturated heterocycles. The third-order valence-corrected chi connectivity index (χ3v) is 12.7. The number of hydrogen-bond acceptors (Lipinski definition) is 0. The van der Waals surface area contributed by atoms with Gasteiger partial charge >= 0.3 is 177 Å². The number of halogens is 2. The van der Waals surface area contributed by atoms with Gasteiger partial charge in [-0.05, 0) is 0 Å². The molecule has 4 rings (SSSR count). The Hall–Kier alpha value is -2.11. The summed E-state index contributed by atoms with van der Waals surface area (Å²) in [5.41, 5.74) is 1.22. The van der Waals surface area contributed by atoms with Crippen LogP contribution < -0.4 is 15.9 Å². The zero-order valence-electron chi connectivity index (χ0n) is 15.4. The van der Waals surface area contributed by atoms with Crippen molar-refractivity contribution in [2.24, 2.45) is 0 Å². The van der Waals surface area contributed by atoms with Gasteiger partial charge in [0.1, 0.15) is 0 Å². The molecule has 3 heteroatoms. The third kappa shape index (κ3) is 3.27. The second-order valence-corrected chi connectivity index (χ2v) is 13.9. The summed E-state index contributed by atoms with van der Waals surface area (Å²) in [6.45, 7) is 0. The van der Waals surface area contributed by atoms with Crippen molar-refractivity contribution in [3.63, 3.8) is 0 Å². The molecule has 4 aromatic rings. The van der Waals surface area contributed by atoms with Crippen LogP contribution in [0.1, 0.15) is 5.56 Å². The Kier molecular flexibility index (Phi) is 5.30. The van der Waals surface area contributed by atoms with Crippen LogP contribution >= 0.6 is 28.8 Å². The van der Waals surface area contributed by atoms with Gasteiger partial charge in [-0.3, -0.25) is 0 Å². The van der Waals surface area contributed by atoms with E-state index in [2.05, 4.69) is 84.9 Å². The first-order valence-electron chi connectivity index (χ1n) is 9.25. The number of rotatable bonds is 5. The van der Waals surface area contributed by atoms with Crippen molar-refractivity contribution in [2.45, 2.75) is 6.16 Å². The van der Waals surface area contributed by atoms with E-state index in [-0.39, 0.29) is 0 Å². The Bertz CT molecular complexity index is 1010. The molecule has 0 amide bonds. The maximum atomic E-state index is 8.05. The van der Waals surface area contributed by atoms with Crippen LogP contribution in [-0.4, -0.2) is 0 Å². The quantitative estimate of drug-likeness (QED) is 0.321. The van der Waals surface area contributed by atoms with E-state index in [1.165, 1.54) is 5.56 Å². The molecule has 0 aromatic heterocycles. The van der Waals surface area contributed by atoms with Crippen LogP contribution in [0.3, 0.4) is 0 Å². The van der Waals surface area contributed by atoms with Crippen LogP contribution in [0, 0.1) is 0 Å². The molecule has 0 aliphatic heterocycles. The van der Waals surface area contributed by atoms with Gasteiger partial charge in [0.25, 0.3) is 0 Å². The minimum absolute atomic E-state index is 0.714. The van der Waals surface area contributed by atoms with Gasteiger partial charge < -0.3 is 0 Å². The molecule has 0 heterocycles. The van der Waals surface area contributed by atoms with Gasteiger partial charge in [0.05, 0.1) is 0 Å². The van der Waals surface area contributed by atoms with Crippen molar-refractivity contribution < 1.29 is 0 Å². The van der Waals surface area contributed by atoms with Crippen LogP contribution in [0.15, 0.2) is 115 Å². The van der Waals surface area contributed by atoms with Gasteiger partial charge in [-0.15, -0.1) is 0 Å². The number of benzene rings is 4. The molecule has 0 radical (unpaired) electrons. The molecule has 140 valence electrons. The molecule has 28 heavy (non-hydrogen) atoms. The summed E-state index contributed by atoms with van der Waals surface area (Å²) in [6, 6.07) is 39.6. The molecule has 0 aliphatic carbocycles. The normalized spacial score (nSPS) is 12.9. The monoisotopic (exact) mass is 422 g/mol. The maximum absolute atomic E-state index is 8.05. The Labute approximate surface area is 176 Å². The van der Waals surface area contributed by atoms with Gasteiger partial charge in [-0.1, -0.05) is 0 Å². The van der Waals surface area contributed by atoms with E-state index in [4.69, 9.17) is 22.8 Å². The molecule has 0 bridgehead atoms. The molecule has 0 fully saturated rings. The van der Waals surface area contributed by atoms with Crippen molar-refractivity contribution in [3.8, 4) is 0 Å². The molecule has 0 spiro atoms. The molecule has 0 N–H and O–H groups in total. The SMILES string of the molecule is Clc1ccc(P(Cl)(Cc2ccccc2)(c2ccccc2)c2ccccc2)cc1. The molecule has 4 aromatic carbocycles. The summed E-state index contributed by atoms with van der Waals surface area (Å²) in [7, 11) is 0. The zero-order chi connectivity index (χ0) is 19.5. The van der Waals surface area contributed by atoms with E-state index in [1.807, 2.05) is 30.3 Å². The third-order valence-electron chi connectivity index (χ3n) is 5.28. The Balaban J connectivity index is 2.09. The van der Waals surface area contributed by atoms with E-state index >= 15 is 0 Å². The average molecular weight is 423 g/mol. The Morgan fingerprint density at radius 2 is 0.893 bits per heavy atom. The van der Waals surface area contributed by atoms with Crippen LogP contribution in [0.25, 0.3) is 0 Å². The summed E-state index contributed by atoms with van der Waals surface area (Å²) < 4.78 is 0. The standard InChI is InChI=1S/C25H21Cl2P/c26-22-16-18-25(19-17-22)28(27,23-12-6-2-7-13-23,24-14-8-3-9-15-24)20-21-10-4-1-5-11-21/h1-19H,20H2. The van der Waals surface area contributed by atoms with Crippen LogP contribution in [0.5, 0.6) is 0 Å². The molecular formula is C25H21Cl2P. The van der Waals surface area contributed by atoms with Crippen molar-refractivity contribution in [2.75, 3.05) is 0 Å². The van der Waals surface area contributed by atoms with Gasteiger partial charge in [0.2, 0.25) is 0 Å². The summed E-state index contributed by atoms with van der Waals surface area (Å²) >= 11 is 14.3. The summed E-state index contributed by atoms with van der Waals surface area (Å²) in [5, 5.41) is 4.16. The van der Waals surface area contributed by atoms with Gasteiger partial charge in [0, 0.05) is 0 Å². The summed E-state index contributed by atoms with van der Waals surface area (Å²) in [6.07, 6.45) is 0.740. The Morgan fingerprint density at radius 3 is 1.36 bits per heavy atom. The minimum atomic E-state index is -3.29. The predicted octanol–water partition coefficient (Wildman–Crippen LogP) is 6.52. The van der Waals surface area contributed by atoms with E-state index in [0.717, 1.165) is 22.1 Å². The first-order valence-corrected chi connectivity index (χ1v) is 13.0. The van der Waals surface area contributed by atoms with Crippen molar-refractivity contribution >= 4 is 44.7 Å². The topological polar surface area (TPSA) is 0 Å². The summed E-state index contributed by atoms with van der Waals surface area (Å²) in [5.74, 6) is -3.29. The molecule has 0 nitrogen and oxygen atoms in total. The van der Waals surface area contributed by atoms with Crippen LogP contribution in [0.4, 0.5) is 0 Å². The van der Waals surface area contributed by atoms with Crippen molar-refractivity contribution in [3.05, 3.63) is 126 Å². The first-order chi connectivity index (χ1) is 13.6. The van der Waals surface area contributed by atoms with E-state index in [0.29, 0.717) is 5.02 Å². The van der Waals surface area contributed by atoms with Crippen molar-refractivity contribution in [1.82, 2.24) is 0 Å². The van der Waals surface area contributed by atoms with Crippen molar-refractivity contribution in [1.29, 1.82) is 0 Å². The molecule has 0 unspecified atom stereocenters. The number of hydrogen-bond donors (Lipinski definition) is 0. The molecule has 0 saturated carbocycles. The fraction of sp³-hybridized carbons (Fsp3) is 0.0400. The second-order valence-electron chi connectivity index (χ2n) is 6.97. The average Bonchev–Trinajstić information content (AvgIpc) is 2.76. The first kappa shape index (κ1) is 19.2. The van der Waals surface area contributed by atoms with Gasteiger partial charge in [0.15, 0.2) is 0 Å². The fourth-order valence-electron chi connectivity index (χ4n) is 3.88. The van der Waals surface area contributed by atoms with E-state index < -0.39 is 5.96 Å². The molecule has 0 aliphatic rings. The van der Waals surface area contributed by atoms with Crippen LogP contribution in [-0.2, 0) is 6.16 Å². The van der Waals surface area contributed by atoms with E-state index in [1.54, 1.807) is 0 Å². The molecule has 0 atom stereocenters. The fourth-order valence-corrected chi connectivity index (χ4v) is 10.1. The van der Waals surface area contributed by atoms with E-state index in [9.17, 15) is 0 Å². The second kappa shape index (κ2) is 7.72. The molecular weight excluding hydrogens is 402 g/mol.